The molecule has 4 heterocycles. The van der Waals surface area contributed by atoms with Crippen molar-refractivity contribution in [2.75, 3.05) is 26.4 Å². The van der Waals surface area contributed by atoms with Crippen LogP contribution >= 0.6 is 0 Å². The van der Waals surface area contributed by atoms with Crippen LogP contribution in [0.4, 0.5) is 0 Å². The Labute approximate surface area is 445 Å². The second-order valence-electron chi connectivity index (χ2n) is 25.5. The van der Waals surface area contributed by atoms with Crippen molar-refractivity contribution in [3.63, 3.8) is 0 Å². The van der Waals surface area contributed by atoms with Gasteiger partial charge in [-0.3, -0.25) is 0 Å². The summed E-state index contributed by atoms with van der Waals surface area (Å²) >= 11 is 0. The maximum absolute atomic E-state index is 12.9. The summed E-state index contributed by atoms with van der Waals surface area (Å²) in [5.74, 6) is 0.313. The molecule has 8 aliphatic rings. The van der Waals surface area contributed by atoms with Gasteiger partial charge in [-0.2, -0.15) is 0 Å². The van der Waals surface area contributed by atoms with E-state index in [0.29, 0.717) is 19.3 Å². The number of hydrogen-bond acceptors (Lipinski definition) is 22. The number of fused-ring (bicyclic) bond motifs is 5. The van der Waals surface area contributed by atoms with Gasteiger partial charge in [0, 0.05) is 0 Å². The molecule has 0 radical (unpaired) electrons. The number of ether oxygens (including phenoxy) is 8. The van der Waals surface area contributed by atoms with Gasteiger partial charge in [0.1, 0.15) is 91.6 Å². The quantitative estimate of drug-likeness (QED) is 0.0639. The van der Waals surface area contributed by atoms with Crippen LogP contribution in [0.3, 0.4) is 0 Å². The van der Waals surface area contributed by atoms with Crippen molar-refractivity contribution in [2.45, 2.75) is 254 Å². The van der Waals surface area contributed by atoms with E-state index in [1.165, 1.54) is 6.92 Å². The van der Waals surface area contributed by atoms with E-state index in [1.807, 2.05) is 13.8 Å². The third kappa shape index (κ3) is 10.7. The van der Waals surface area contributed by atoms with Crippen molar-refractivity contribution in [2.24, 2.45) is 45.3 Å². The van der Waals surface area contributed by atoms with E-state index in [1.54, 1.807) is 0 Å². The fourth-order valence-electron chi connectivity index (χ4n) is 16.2. The Morgan fingerprint density at radius 1 is 0.539 bits per heavy atom. The highest BCUT2D eigenvalue weighted by atomic mass is 16.8. The molecule has 76 heavy (non-hydrogen) atoms. The smallest absolute Gasteiger partial charge is 0.187 e. The molecule has 0 aromatic rings. The Morgan fingerprint density at radius 3 is 1.67 bits per heavy atom. The molecule has 0 spiro atoms. The van der Waals surface area contributed by atoms with Crippen molar-refractivity contribution in [1.29, 1.82) is 0 Å². The van der Waals surface area contributed by atoms with Crippen molar-refractivity contribution < 1.29 is 109 Å². The Morgan fingerprint density at radius 2 is 1.07 bits per heavy atom. The number of aliphatic hydroxyl groups excluding tert-OH is 13. The fourth-order valence-corrected chi connectivity index (χ4v) is 16.2. The van der Waals surface area contributed by atoms with Gasteiger partial charge in [0.25, 0.3) is 0 Å². The summed E-state index contributed by atoms with van der Waals surface area (Å²) < 4.78 is 49.3. The number of allylic oxidation sites excluding steroid dienone is 2. The highest BCUT2D eigenvalue weighted by Gasteiger charge is 2.70. The molecule has 29 atom stereocenters. The first-order chi connectivity index (χ1) is 35.6. The summed E-state index contributed by atoms with van der Waals surface area (Å²) in [6.45, 7) is 14.7. The van der Waals surface area contributed by atoms with Gasteiger partial charge >= 0.3 is 0 Å². The first-order valence-corrected chi connectivity index (χ1v) is 27.8. The topological polar surface area (TPSA) is 357 Å². The van der Waals surface area contributed by atoms with Gasteiger partial charge in [0.05, 0.1) is 44.2 Å². The summed E-state index contributed by atoms with van der Waals surface area (Å²) in [6.07, 6.45) is -22.5. The molecule has 4 aliphatic heterocycles. The van der Waals surface area contributed by atoms with Gasteiger partial charge in [-0.25, -0.2) is 0 Å². The Kier molecular flexibility index (Phi) is 18.6. The standard InChI is InChI=1S/C54H92O22/c1-24(2)10-9-16-54(68,23-69-46-41(65)39(63)35(59)28(20-55)71-46)27-13-18-52(7)26(27)11-12-32-51(6)17-15-33(50(4,5)31(51)14-19-53(32,52)8)74-49-45(76-47-42(66)38(62)34(58)25(3)70-47)44(37(61)30(22-57)73-49)75-48-43(67)40(64)36(60)29(21-56)72-48/h10,25-49,55-68H,9,11-23H2,1-8H3/t25-,26+,27-,28+,29+,30+,31?,32+,33-,34-,35+,36+,37+,38+,39-,40-,41+,42+,43+,44-,45+,46+,47-,48-,49-,51-,52+,53+,54+/m0/s1. The zero-order valence-corrected chi connectivity index (χ0v) is 45.4. The summed E-state index contributed by atoms with van der Waals surface area (Å²) in [4.78, 5) is 0. The van der Waals surface area contributed by atoms with Crippen LogP contribution < -0.4 is 0 Å². The zero-order chi connectivity index (χ0) is 55.8. The van der Waals surface area contributed by atoms with Crippen LogP contribution in [-0.2, 0) is 37.9 Å². The van der Waals surface area contributed by atoms with E-state index in [-0.39, 0.29) is 46.5 Å². The summed E-state index contributed by atoms with van der Waals surface area (Å²) in [5, 5.41) is 152. The zero-order valence-electron chi connectivity index (χ0n) is 45.4. The fraction of sp³-hybridized carbons (Fsp3) is 0.963. The predicted molar refractivity (Wildman–Crippen MR) is 265 cm³/mol. The maximum Gasteiger partial charge on any atom is 0.187 e. The van der Waals surface area contributed by atoms with Crippen LogP contribution in [0.2, 0.25) is 0 Å². The van der Waals surface area contributed by atoms with E-state index in [2.05, 4.69) is 40.7 Å². The first kappa shape index (κ1) is 60.9. The molecule has 0 amide bonds. The summed E-state index contributed by atoms with van der Waals surface area (Å²) in [5.41, 5.74) is -1.33. The SMILES string of the molecule is CC(C)=CCC[C@@](O)(CO[C@@H]1O[C@H](CO)[C@@H](O)[C@H](O)[C@H]1O)[C@H]1CC[C@]2(C)[C@@H]1CC[C@@H]1[C@@]3(C)CC[C@H](O[C@@H]4O[C@H](CO)[C@@H](O)[C@H](O[C@@H]5O[C@H](CO)[C@@H](O)[C@H](O)[C@H]5O)[C@H]4O[C@@H]4O[C@@H](C)[C@H](O)[C@@H](O)[C@H]4O)C(C)(C)C3CC[C@]12C. The molecule has 4 saturated carbocycles. The predicted octanol–water partition coefficient (Wildman–Crippen LogP) is -1.17. The lowest BCUT2D eigenvalue weighted by Crippen LogP contribution is -2.68. The number of hydrogen-bond donors (Lipinski definition) is 14. The molecule has 4 aliphatic carbocycles. The average molecular weight is 1090 g/mol. The van der Waals surface area contributed by atoms with E-state index in [4.69, 9.17) is 37.9 Å². The minimum atomic E-state index is -1.90. The Hall–Kier alpha value is -1.14. The van der Waals surface area contributed by atoms with E-state index >= 15 is 0 Å². The third-order valence-corrected chi connectivity index (χ3v) is 20.8. The molecule has 0 aromatic heterocycles. The highest BCUT2D eigenvalue weighted by molar-refractivity contribution is 5.19. The van der Waals surface area contributed by atoms with Crippen molar-refractivity contribution in [3.8, 4) is 0 Å². The van der Waals surface area contributed by atoms with Crippen LogP contribution in [0.1, 0.15) is 120 Å². The first-order valence-electron chi connectivity index (χ1n) is 27.8. The largest absolute Gasteiger partial charge is 0.394 e. The molecule has 8 fully saturated rings. The lowest BCUT2D eigenvalue weighted by Gasteiger charge is -2.70. The van der Waals surface area contributed by atoms with Crippen LogP contribution in [0.5, 0.6) is 0 Å². The van der Waals surface area contributed by atoms with Gasteiger partial charge in [-0.1, -0.05) is 46.3 Å². The molecule has 1 unspecified atom stereocenters. The Bertz CT molecular complexity index is 1960. The summed E-state index contributed by atoms with van der Waals surface area (Å²) in [6, 6.07) is 0. The van der Waals surface area contributed by atoms with Crippen LogP contribution in [0.15, 0.2) is 11.6 Å². The van der Waals surface area contributed by atoms with Gasteiger partial charge < -0.3 is 109 Å². The molecule has 0 bridgehead atoms. The molecular weight excluding hydrogens is 1000 g/mol. The normalized spacial score (nSPS) is 52.2. The van der Waals surface area contributed by atoms with Crippen LogP contribution in [-0.4, -0.2) is 232 Å². The van der Waals surface area contributed by atoms with Gasteiger partial charge in [0.2, 0.25) is 0 Å². The van der Waals surface area contributed by atoms with Gasteiger partial charge in [-0.05, 0) is 130 Å². The van der Waals surface area contributed by atoms with Crippen molar-refractivity contribution in [1.82, 2.24) is 0 Å². The third-order valence-electron chi connectivity index (χ3n) is 20.8. The highest BCUT2D eigenvalue weighted by Crippen LogP contribution is 2.76. The molecule has 22 heteroatoms. The Balaban J connectivity index is 1.04. The molecule has 440 valence electrons. The monoisotopic (exact) mass is 1090 g/mol. The van der Waals surface area contributed by atoms with Crippen LogP contribution in [0.25, 0.3) is 0 Å². The maximum atomic E-state index is 12.9. The molecule has 0 aromatic carbocycles. The van der Waals surface area contributed by atoms with Gasteiger partial charge in [-0.15, -0.1) is 0 Å². The van der Waals surface area contributed by atoms with E-state index in [0.717, 1.165) is 50.5 Å². The molecule has 22 nitrogen and oxygen atoms in total. The molecule has 14 N–H and O–H groups in total. The van der Waals surface area contributed by atoms with Crippen molar-refractivity contribution >= 4 is 0 Å². The van der Waals surface area contributed by atoms with Crippen LogP contribution in [0, 0.1) is 45.3 Å². The van der Waals surface area contributed by atoms with Crippen molar-refractivity contribution in [3.05, 3.63) is 11.6 Å². The lowest BCUT2D eigenvalue weighted by atomic mass is 9.35. The van der Waals surface area contributed by atoms with E-state index < -0.39 is 160 Å². The minimum Gasteiger partial charge on any atom is -0.394 e. The average Bonchev–Trinajstić information content (AvgIpc) is 3.79. The van der Waals surface area contributed by atoms with E-state index in [9.17, 15) is 71.5 Å². The summed E-state index contributed by atoms with van der Waals surface area (Å²) in [7, 11) is 0. The number of rotatable bonds is 16. The molecule has 4 saturated heterocycles. The minimum absolute atomic E-state index is 0.103. The lowest BCUT2D eigenvalue weighted by molar-refractivity contribution is -0.398. The number of aliphatic hydroxyl groups is 14. The van der Waals surface area contributed by atoms with Gasteiger partial charge in [0.15, 0.2) is 25.2 Å². The molecular formula is C54H92O22. The second-order valence-corrected chi connectivity index (χ2v) is 25.5. The second kappa shape index (κ2) is 23.3. The molecule has 8 rings (SSSR count).